The number of thioether (sulfide) groups is 1. The van der Waals surface area contributed by atoms with Crippen LogP contribution in [0.25, 0.3) is 0 Å². The molecule has 0 aromatic heterocycles. The van der Waals surface area contributed by atoms with Gasteiger partial charge in [-0.25, -0.2) is 0 Å². The van der Waals surface area contributed by atoms with Gasteiger partial charge in [0.2, 0.25) is 0 Å². The third-order valence-electron chi connectivity index (χ3n) is 3.76. The second-order valence-electron chi connectivity index (χ2n) is 6.60. The van der Waals surface area contributed by atoms with Gasteiger partial charge in [0.1, 0.15) is 0 Å². The third-order valence-corrected chi connectivity index (χ3v) is 5.44. The molecule has 0 fully saturated rings. The van der Waals surface area contributed by atoms with E-state index in [0.29, 0.717) is 17.2 Å². The summed E-state index contributed by atoms with van der Waals surface area (Å²) in [6, 6.07) is 11.4. The normalized spacial score (nSPS) is 14.6. The van der Waals surface area contributed by atoms with E-state index in [1.54, 1.807) is 0 Å². The van der Waals surface area contributed by atoms with E-state index >= 15 is 0 Å². The Kier molecular flexibility index (Phi) is 9.10. The Morgan fingerprint density at radius 2 is 1.71 bits per heavy atom. The molecule has 1 nitrogen and oxygen atoms in total. The average molecular weight is 308 g/mol. The Bertz CT molecular complexity index is 361. The first-order valence-electron chi connectivity index (χ1n) is 8.46. The maximum Gasteiger partial charge on any atom is 0.0443 e. The molecule has 0 amide bonds. The molecule has 0 aliphatic rings. The minimum atomic E-state index is 0.461. The Hall–Kier alpha value is -0.470. The molecule has 0 aliphatic heterocycles. The number of rotatable bonds is 10. The van der Waals surface area contributed by atoms with Crippen LogP contribution in [0.15, 0.2) is 30.3 Å². The van der Waals surface area contributed by atoms with Gasteiger partial charge in [-0.2, -0.15) is 11.8 Å². The van der Waals surface area contributed by atoms with Crippen LogP contribution in [0.2, 0.25) is 0 Å². The minimum Gasteiger partial charge on any atom is -0.309 e. The largest absolute Gasteiger partial charge is 0.309 e. The highest BCUT2D eigenvalue weighted by Crippen LogP contribution is 2.33. The molecule has 0 spiro atoms. The van der Waals surface area contributed by atoms with Crippen molar-refractivity contribution in [3.8, 4) is 0 Å². The summed E-state index contributed by atoms with van der Waals surface area (Å²) in [6.45, 7) is 12.7. The van der Waals surface area contributed by atoms with E-state index in [2.05, 4.69) is 82.0 Å². The predicted molar refractivity (Wildman–Crippen MR) is 98.0 cm³/mol. The lowest BCUT2D eigenvalue weighted by Gasteiger charge is -2.31. The molecule has 120 valence electrons. The number of nitrogens with one attached hydrogen (secondary N) is 1. The van der Waals surface area contributed by atoms with Gasteiger partial charge in [0, 0.05) is 11.3 Å². The van der Waals surface area contributed by atoms with Crippen molar-refractivity contribution in [2.24, 2.45) is 11.8 Å². The van der Waals surface area contributed by atoms with Gasteiger partial charge in [0.15, 0.2) is 0 Å². The third kappa shape index (κ3) is 6.88. The molecule has 2 heteroatoms. The molecule has 2 unspecified atom stereocenters. The van der Waals surface area contributed by atoms with Crippen LogP contribution in [0.3, 0.4) is 0 Å². The quantitative estimate of drug-likeness (QED) is 0.610. The van der Waals surface area contributed by atoms with Gasteiger partial charge in [0.05, 0.1) is 0 Å². The number of hydrogen-bond acceptors (Lipinski definition) is 2. The lowest BCUT2D eigenvalue weighted by atomic mass is 9.96. The lowest BCUT2D eigenvalue weighted by Crippen LogP contribution is -2.34. The fraction of sp³-hybridized carbons (Fsp3) is 0.684. The van der Waals surface area contributed by atoms with Crippen molar-refractivity contribution in [1.29, 1.82) is 0 Å². The highest BCUT2D eigenvalue weighted by Gasteiger charge is 2.25. The molecule has 1 N–H and O–H groups in total. The van der Waals surface area contributed by atoms with E-state index in [9.17, 15) is 0 Å². The topological polar surface area (TPSA) is 12.0 Å². The Morgan fingerprint density at radius 3 is 2.24 bits per heavy atom. The molecule has 1 aromatic rings. The smallest absolute Gasteiger partial charge is 0.0443 e. The summed E-state index contributed by atoms with van der Waals surface area (Å²) >= 11 is 2.15. The van der Waals surface area contributed by atoms with Crippen molar-refractivity contribution < 1.29 is 0 Å². The van der Waals surface area contributed by atoms with Gasteiger partial charge >= 0.3 is 0 Å². The molecule has 0 bridgehead atoms. The van der Waals surface area contributed by atoms with E-state index in [1.165, 1.54) is 24.2 Å². The maximum atomic E-state index is 3.78. The lowest BCUT2D eigenvalue weighted by molar-refractivity contribution is 0.443. The molecule has 0 heterocycles. The van der Waals surface area contributed by atoms with Crippen LogP contribution in [0, 0.1) is 11.8 Å². The van der Waals surface area contributed by atoms with Crippen molar-refractivity contribution in [3.63, 3.8) is 0 Å². The zero-order valence-electron chi connectivity index (χ0n) is 14.4. The van der Waals surface area contributed by atoms with Crippen molar-refractivity contribution in [2.75, 3.05) is 12.3 Å². The first-order chi connectivity index (χ1) is 10.1. The molecular weight excluding hydrogens is 274 g/mol. The Labute approximate surface area is 136 Å². The highest BCUT2D eigenvalue weighted by atomic mass is 32.2. The number of benzene rings is 1. The van der Waals surface area contributed by atoms with Crippen LogP contribution < -0.4 is 5.32 Å². The summed E-state index contributed by atoms with van der Waals surface area (Å²) in [5, 5.41) is 4.42. The van der Waals surface area contributed by atoms with Crippen molar-refractivity contribution in [3.05, 3.63) is 35.9 Å². The summed E-state index contributed by atoms with van der Waals surface area (Å²) in [5.41, 5.74) is 1.43. The molecule has 0 radical (unpaired) electrons. The monoisotopic (exact) mass is 307 g/mol. The van der Waals surface area contributed by atoms with Crippen LogP contribution in [0.5, 0.6) is 0 Å². The molecule has 2 atom stereocenters. The summed E-state index contributed by atoms with van der Waals surface area (Å²) < 4.78 is 0. The summed E-state index contributed by atoms with van der Waals surface area (Å²) in [4.78, 5) is 0. The van der Waals surface area contributed by atoms with Gasteiger partial charge in [-0.15, -0.1) is 0 Å². The second-order valence-corrected chi connectivity index (χ2v) is 7.89. The van der Waals surface area contributed by atoms with Crippen LogP contribution in [0.4, 0.5) is 0 Å². The first kappa shape index (κ1) is 18.6. The van der Waals surface area contributed by atoms with E-state index in [0.717, 1.165) is 12.5 Å². The van der Waals surface area contributed by atoms with Crippen LogP contribution in [-0.2, 0) is 0 Å². The standard InChI is InChI=1S/C19H33NS/c1-6-13-20-18(17-10-8-7-9-11-17)19(16(4)5)21-14-12-15(2)3/h7-11,15-16,18-20H,6,12-14H2,1-5H3. The average Bonchev–Trinajstić information content (AvgIpc) is 2.46. The van der Waals surface area contributed by atoms with Crippen LogP contribution in [-0.4, -0.2) is 17.5 Å². The molecule has 1 rings (SSSR count). The molecule has 21 heavy (non-hydrogen) atoms. The van der Waals surface area contributed by atoms with Gasteiger partial charge < -0.3 is 5.32 Å². The van der Waals surface area contributed by atoms with Crippen LogP contribution >= 0.6 is 11.8 Å². The first-order valence-corrected chi connectivity index (χ1v) is 9.51. The van der Waals surface area contributed by atoms with Gasteiger partial charge in [0.25, 0.3) is 0 Å². The van der Waals surface area contributed by atoms with Crippen molar-refractivity contribution in [2.45, 2.75) is 58.8 Å². The van der Waals surface area contributed by atoms with E-state index < -0.39 is 0 Å². The molecule has 1 aromatic carbocycles. The van der Waals surface area contributed by atoms with E-state index in [1.807, 2.05) is 0 Å². The van der Waals surface area contributed by atoms with E-state index in [4.69, 9.17) is 0 Å². The van der Waals surface area contributed by atoms with Crippen LogP contribution in [0.1, 0.15) is 59.1 Å². The fourth-order valence-electron chi connectivity index (χ4n) is 2.50. The van der Waals surface area contributed by atoms with E-state index in [-0.39, 0.29) is 0 Å². The summed E-state index contributed by atoms with van der Waals surface area (Å²) in [5.74, 6) is 2.73. The summed E-state index contributed by atoms with van der Waals surface area (Å²) in [6.07, 6.45) is 2.49. The maximum absolute atomic E-state index is 3.78. The molecule has 0 saturated carbocycles. The predicted octanol–water partition coefficient (Wildman–Crippen LogP) is 5.53. The fourth-order valence-corrected chi connectivity index (χ4v) is 4.21. The Morgan fingerprint density at radius 1 is 1.05 bits per heavy atom. The van der Waals surface area contributed by atoms with Crippen molar-refractivity contribution in [1.82, 2.24) is 5.32 Å². The van der Waals surface area contributed by atoms with Gasteiger partial charge in [-0.05, 0) is 42.5 Å². The zero-order valence-corrected chi connectivity index (χ0v) is 15.2. The van der Waals surface area contributed by atoms with Gasteiger partial charge in [-0.1, -0.05) is 65.0 Å². The summed E-state index contributed by atoms with van der Waals surface area (Å²) in [7, 11) is 0. The second kappa shape index (κ2) is 10.3. The molecule has 0 aliphatic carbocycles. The SMILES string of the molecule is CCCNC(c1ccccc1)C(SCCC(C)C)C(C)C. The highest BCUT2D eigenvalue weighted by molar-refractivity contribution is 7.99. The molecule has 0 saturated heterocycles. The van der Waals surface area contributed by atoms with Gasteiger partial charge in [-0.3, -0.25) is 0 Å². The minimum absolute atomic E-state index is 0.461. The number of hydrogen-bond donors (Lipinski definition) is 1. The Balaban J connectivity index is 2.80. The van der Waals surface area contributed by atoms with Crippen molar-refractivity contribution >= 4 is 11.8 Å². The molecular formula is C19H33NS. The zero-order chi connectivity index (χ0) is 15.7.